The van der Waals surface area contributed by atoms with Crippen LogP contribution < -0.4 is 10.2 Å². The van der Waals surface area contributed by atoms with Gasteiger partial charge in [0.05, 0.1) is 0 Å². The highest BCUT2D eigenvalue weighted by Gasteiger charge is 2.26. The Morgan fingerprint density at radius 1 is 1.43 bits per heavy atom. The normalized spacial score (nSPS) is 15.9. The Kier molecular flexibility index (Phi) is 4.79. The SMILES string of the molecule is Cc1ccc(N2CCC(C(=O)NC(C)C)CC2)nc1C#N. The summed E-state index contributed by atoms with van der Waals surface area (Å²) in [5.74, 6) is 1.07. The fourth-order valence-corrected chi connectivity index (χ4v) is 2.58. The van der Waals surface area contributed by atoms with E-state index < -0.39 is 0 Å². The Labute approximate surface area is 126 Å². The molecule has 1 amide bonds. The van der Waals surface area contributed by atoms with Gasteiger partial charge in [-0.15, -0.1) is 0 Å². The highest BCUT2D eigenvalue weighted by atomic mass is 16.1. The lowest BCUT2D eigenvalue weighted by atomic mass is 9.95. The van der Waals surface area contributed by atoms with Crippen LogP contribution in [-0.4, -0.2) is 30.0 Å². The summed E-state index contributed by atoms with van der Waals surface area (Å²) in [5, 5.41) is 12.0. The molecule has 0 aromatic carbocycles. The van der Waals surface area contributed by atoms with Crippen molar-refractivity contribution in [1.82, 2.24) is 10.3 Å². The minimum Gasteiger partial charge on any atom is -0.357 e. The van der Waals surface area contributed by atoms with E-state index in [1.165, 1.54) is 0 Å². The number of aromatic nitrogens is 1. The van der Waals surface area contributed by atoms with Crippen LogP contribution in [0.15, 0.2) is 12.1 Å². The summed E-state index contributed by atoms with van der Waals surface area (Å²) in [6, 6.07) is 6.19. The summed E-state index contributed by atoms with van der Waals surface area (Å²) in [6.45, 7) is 7.45. The third-order valence-electron chi connectivity index (χ3n) is 3.81. The number of anilines is 1. The summed E-state index contributed by atoms with van der Waals surface area (Å²) in [6.07, 6.45) is 1.66. The first-order valence-corrected chi connectivity index (χ1v) is 7.44. The van der Waals surface area contributed by atoms with Crippen LogP contribution >= 0.6 is 0 Å². The standard InChI is InChI=1S/C16H22N4O/c1-11(2)18-16(21)13-6-8-20(9-7-13)15-5-4-12(3)14(10-17)19-15/h4-5,11,13H,6-9H2,1-3H3,(H,18,21). The van der Waals surface area contributed by atoms with Crippen molar-refractivity contribution in [1.29, 1.82) is 5.26 Å². The Morgan fingerprint density at radius 3 is 2.67 bits per heavy atom. The molecule has 112 valence electrons. The summed E-state index contributed by atoms with van der Waals surface area (Å²) >= 11 is 0. The van der Waals surface area contributed by atoms with E-state index in [-0.39, 0.29) is 17.9 Å². The highest BCUT2D eigenvalue weighted by Crippen LogP contribution is 2.23. The Balaban J connectivity index is 1.98. The van der Waals surface area contributed by atoms with Crippen LogP contribution in [0.5, 0.6) is 0 Å². The molecule has 0 aliphatic carbocycles. The zero-order chi connectivity index (χ0) is 15.4. The molecule has 1 saturated heterocycles. The third kappa shape index (κ3) is 3.72. The van der Waals surface area contributed by atoms with Gasteiger partial charge >= 0.3 is 0 Å². The molecule has 2 rings (SSSR count). The van der Waals surface area contributed by atoms with Crippen molar-refractivity contribution in [2.45, 2.75) is 39.7 Å². The maximum absolute atomic E-state index is 12.0. The number of carbonyl (C=O) groups excluding carboxylic acids is 1. The van der Waals surface area contributed by atoms with Gasteiger partial charge in [0.15, 0.2) is 0 Å². The second-order valence-electron chi connectivity index (χ2n) is 5.87. The van der Waals surface area contributed by atoms with Gasteiger partial charge in [0, 0.05) is 25.0 Å². The van der Waals surface area contributed by atoms with Crippen LogP contribution in [0.4, 0.5) is 5.82 Å². The minimum absolute atomic E-state index is 0.0875. The smallest absolute Gasteiger partial charge is 0.223 e. The van der Waals surface area contributed by atoms with Crippen molar-refractivity contribution in [2.75, 3.05) is 18.0 Å². The number of pyridine rings is 1. The van der Waals surface area contributed by atoms with E-state index >= 15 is 0 Å². The number of piperidine rings is 1. The number of amides is 1. The van der Waals surface area contributed by atoms with Crippen molar-refractivity contribution in [3.05, 3.63) is 23.4 Å². The van der Waals surface area contributed by atoms with Gasteiger partial charge < -0.3 is 10.2 Å². The fraction of sp³-hybridized carbons (Fsp3) is 0.562. The second kappa shape index (κ2) is 6.57. The van der Waals surface area contributed by atoms with Crippen LogP contribution in [0.2, 0.25) is 0 Å². The molecule has 21 heavy (non-hydrogen) atoms. The largest absolute Gasteiger partial charge is 0.357 e. The molecule has 1 aromatic rings. The molecule has 5 heteroatoms. The first kappa shape index (κ1) is 15.3. The van der Waals surface area contributed by atoms with E-state index in [4.69, 9.17) is 5.26 Å². The monoisotopic (exact) mass is 286 g/mol. The number of hydrogen-bond acceptors (Lipinski definition) is 4. The lowest BCUT2D eigenvalue weighted by molar-refractivity contribution is -0.126. The van der Waals surface area contributed by atoms with Crippen molar-refractivity contribution in [3.8, 4) is 6.07 Å². The maximum atomic E-state index is 12.0. The quantitative estimate of drug-likeness (QED) is 0.922. The molecule has 0 bridgehead atoms. The van der Waals surface area contributed by atoms with Gasteiger partial charge in [0.2, 0.25) is 5.91 Å². The molecule has 0 spiro atoms. The second-order valence-corrected chi connectivity index (χ2v) is 5.87. The number of nitrogens with zero attached hydrogens (tertiary/aromatic N) is 3. The van der Waals surface area contributed by atoms with Gasteiger partial charge in [0.1, 0.15) is 17.6 Å². The molecule has 1 aromatic heterocycles. The topological polar surface area (TPSA) is 69.0 Å². The van der Waals surface area contributed by atoms with Gasteiger partial charge in [0.25, 0.3) is 0 Å². The molecular formula is C16H22N4O. The molecule has 1 N–H and O–H groups in total. The van der Waals surface area contributed by atoms with Crippen molar-refractivity contribution in [3.63, 3.8) is 0 Å². The van der Waals surface area contributed by atoms with Crippen LogP contribution in [0.3, 0.4) is 0 Å². The average molecular weight is 286 g/mol. The maximum Gasteiger partial charge on any atom is 0.223 e. The Bertz CT molecular complexity index is 554. The van der Waals surface area contributed by atoms with E-state index in [0.717, 1.165) is 37.3 Å². The van der Waals surface area contributed by atoms with Gasteiger partial charge in [-0.2, -0.15) is 5.26 Å². The first-order valence-electron chi connectivity index (χ1n) is 7.44. The van der Waals surface area contributed by atoms with Crippen molar-refractivity contribution >= 4 is 11.7 Å². The lowest BCUT2D eigenvalue weighted by Gasteiger charge is -2.32. The van der Waals surface area contributed by atoms with Crippen LogP contribution in [-0.2, 0) is 4.79 Å². The zero-order valence-corrected chi connectivity index (χ0v) is 12.9. The molecule has 0 unspecified atom stereocenters. The molecule has 1 fully saturated rings. The lowest BCUT2D eigenvalue weighted by Crippen LogP contribution is -2.42. The molecule has 0 radical (unpaired) electrons. The zero-order valence-electron chi connectivity index (χ0n) is 12.9. The average Bonchev–Trinajstić information content (AvgIpc) is 2.47. The molecule has 0 saturated carbocycles. The van der Waals surface area contributed by atoms with Gasteiger partial charge in [-0.3, -0.25) is 4.79 Å². The summed E-state index contributed by atoms with van der Waals surface area (Å²) in [4.78, 5) is 18.6. The van der Waals surface area contributed by atoms with E-state index in [0.29, 0.717) is 5.69 Å². The Hall–Kier alpha value is -2.09. The molecule has 1 aliphatic heterocycles. The van der Waals surface area contributed by atoms with Crippen LogP contribution in [0.1, 0.15) is 37.9 Å². The predicted molar refractivity (Wildman–Crippen MR) is 81.9 cm³/mol. The summed E-state index contributed by atoms with van der Waals surface area (Å²) in [5.41, 5.74) is 1.37. The number of hydrogen-bond donors (Lipinski definition) is 1. The van der Waals surface area contributed by atoms with Crippen LogP contribution in [0, 0.1) is 24.2 Å². The molecule has 0 atom stereocenters. The van der Waals surface area contributed by atoms with E-state index in [9.17, 15) is 4.79 Å². The first-order chi connectivity index (χ1) is 10.0. The number of nitrogens with one attached hydrogen (secondary N) is 1. The number of rotatable bonds is 3. The number of aryl methyl sites for hydroxylation is 1. The van der Waals surface area contributed by atoms with Crippen molar-refractivity contribution < 1.29 is 4.79 Å². The number of nitriles is 1. The number of carbonyl (C=O) groups is 1. The predicted octanol–water partition coefficient (Wildman–Crippen LogP) is 2.00. The van der Waals surface area contributed by atoms with Crippen LogP contribution in [0.25, 0.3) is 0 Å². The third-order valence-corrected chi connectivity index (χ3v) is 3.81. The minimum atomic E-state index is 0.0875. The molecule has 1 aliphatic rings. The molecule has 2 heterocycles. The van der Waals surface area contributed by atoms with E-state index in [2.05, 4.69) is 21.3 Å². The van der Waals surface area contributed by atoms with E-state index in [1.54, 1.807) is 0 Å². The highest BCUT2D eigenvalue weighted by molar-refractivity contribution is 5.79. The van der Waals surface area contributed by atoms with Crippen molar-refractivity contribution in [2.24, 2.45) is 5.92 Å². The summed E-state index contributed by atoms with van der Waals surface area (Å²) < 4.78 is 0. The van der Waals surface area contributed by atoms with E-state index in [1.807, 2.05) is 32.9 Å². The summed E-state index contributed by atoms with van der Waals surface area (Å²) in [7, 11) is 0. The van der Waals surface area contributed by atoms with Gasteiger partial charge in [-0.25, -0.2) is 4.98 Å². The van der Waals surface area contributed by atoms with Gasteiger partial charge in [-0.05, 0) is 45.2 Å². The Morgan fingerprint density at radius 2 is 2.10 bits per heavy atom. The molecular weight excluding hydrogens is 264 g/mol. The van der Waals surface area contributed by atoms with Gasteiger partial charge in [-0.1, -0.05) is 6.07 Å². The fourth-order valence-electron chi connectivity index (χ4n) is 2.58. The molecule has 5 nitrogen and oxygen atoms in total.